The van der Waals surface area contributed by atoms with Crippen LogP contribution in [0.5, 0.6) is 11.5 Å². The first-order valence-electron chi connectivity index (χ1n) is 12.5. The predicted octanol–water partition coefficient (Wildman–Crippen LogP) is 3.18. The number of aliphatic hydroxyl groups is 1. The van der Waals surface area contributed by atoms with Crippen LogP contribution in [0.1, 0.15) is 36.8 Å². The van der Waals surface area contributed by atoms with Gasteiger partial charge in [0.2, 0.25) is 5.91 Å². The van der Waals surface area contributed by atoms with E-state index in [2.05, 4.69) is 10.2 Å². The number of phenols is 1. The molecule has 5 atom stereocenters. The van der Waals surface area contributed by atoms with Gasteiger partial charge in [-0.3, -0.25) is 14.5 Å². The highest BCUT2D eigenvalue weighted by Crippen LogP contribution is 2.65. The van der Waals surface area contributed by atoms with Crippen molar-refractivity contribution in [2.75, 3.05) is 18.4 Å². The Labute approximate surface area is 212 Å². The highest BCUT2D eigenvalue weighted by molar-refractivity contribution is 6.31. The number of halogens is 2. The second-order valence-electron chi connectivity index (χ2n) is 11.0. The van der Waals surface area contributed by atoms with Crippen molar-refractivity contribution in [3.05, 3.63) is 52.3 Å². The molecule has 2 aliphatic heterocycles. The molecular weight excluding hydrogens is 487 g/mol. The molecule has 2 aromatic carbocycles. The largest absolute Gasteiger partial charge is 0.504 e. The average molecular weight is 513 g/mol. The maximum absolute atomic E-state index is 13.8. The van der Waals surface area contributed by atoms with E-state index in [1.807, 2.05) is 6.07 Å². The Kier molecular flexibility index (Phi) is 4.65. The first-order chi connectivity index (χ1) is 17.2. The van der Waals surface area contributed by atoms with Gasteiger partial charge < -0.3 is 20.3 Å². The minimum atomic E-state index is -1.40. The smallest absolute Gasteiger partial charge is 0.235 e. The van der Waals surface area contributed by atoms with E-state index in [9.17, 15) is 24.2 Å². The molecule has 2 saturated carbocycles. The average Bonchev–Trinajstić information content (AvgIpc) is 3.58. The quantitative estimate of drug-likeness (QED) is 0.544. The van der Waals surface area contributed by atoms with Gasteiger partial charge in [-0.15, -0.1) is 0 Å². The molecule has 3 aliphatic carbocycles. The number of carbonyl (C=O) groups is 2. The molecule has 0 radical (unpaired) electrons. The standard InChI is InChI=1S/C27H26ClFN2O5/c28-17-10-15(4-5-18(17)29)30-25(34)16-11-27(35)20-9-14-3-6-19(32)23-21(14)26(27,24(36-23)22(16)33)7-8-31(20)12-13-1-2-13/h3-6,10,13,16,20,24,32,35H,1-2,7-9,11-12H2,(H,30,34)/t16?,20-,24+,26+,27-/m1/s1. The highest BCUT2D eigenvalue weighted by atomic mass is 35.5. The number of likely N-dealkylation sites (tertiary alicyclic amines) is 1. The Morgan fingerprint density at radius 2 is 2.08 bits per heavy atom. The van der Waals surface area contributed by atoms with E-state index in [0.717, 1.165) is 30.3 Å². The predicted molar refractivity (Wildman–Crippen MR) is 129 cm³/mol. The van der Waals surface area contributed by atoms with Crippen molar-refractivity contribution in [3.63, 3.8) is 0 Å². The molecule has 36 heavy (non-hydrogen) atoms. The van der Waals surface area contributed by atoms with Crippen molar-refractivity contribution in [1.82, 2.24) is 4.90 Å². The molecular formula is C27H26ClFN2O5. The molecule has 9 heteroatoms. The van der Waals surface area contributed by atoms with Crippen LogP contribution in [0.15, 0.2) is 30.3 Å². The Morgan fingerprint density at radius 1 is 1.28 bits per heavy atom. The van der Waals surface area contributed by atoms with Crippen LogP contribution in [-0.2, 0) is 21.4 Å². The van der Waals surface area contributed by atoms with E-state index in [-0.39, 0.29) is 34.7 Å². The van der Waals surface area contributed by atoms with Crippen LogP contribution in [0.3, 0.4) is 0 Å². The summed E-state index contributed by atoms with van der Waals surface area (Å²) in [4.78, 5) is 29.6. The number of ether oxygens (including phenoxy) is 1. The van der Waals surface area contributed by atoms with Gasteiger partial charge in [0, 0.05) is 23.8 Å². The number of carbonyl (C=O) groups excluding carboxylic acids is 2. The molecule has 0 aromatic heterocycles. The second-order valence-corrected chi connectivity index (χ2v) is 11.4. The van der Waals surface area contributed by atoms with Crippen LogP contribution < -0.4 is 10.1 Å². The summed E-state index contributed by atoms with van der Waals surface area (Å²) >= 11 is 5.87. The number of hydrogen-bond acceptors (Lipinski definition) is 6. The van der Waals surface area contributed by atoms with Crippen LogP contribution in [0, 0.1) is 17.7 Å². The van der Waals surface area contributed by atoms with Gasteiger partial charge in [0.15, 0.2) is 23.4 Å². The Hall–Kier alpha value is -2.68. The van der Waals surface area contributed by atoms with Crippen LogP contribution in [0.4, 0.5) is 10.1 Å². The topological polar surface area (TPSA) is 99.1 Å². The SMILES string of the molecule is O=C(Nc1ccc(F)c(Cl)c1)C1C[C@@]2(O)[C@H]3Cc4ccc(O)c5c4[C@@]2(CCN3CC2CC2)[C@@H](O5)C1=O. The Bertz CT molecular complexity index is 1330. The molecule has 2 aromatic rings. The van der Waals surface area contributed by atoms with E-state index in [1.54, 1.807) is 6.07 Å². The zero-order chi connectivity index (χ0) is 25.0. The summed E-state index contributed by atoms with van der Waals surface area (Å²) in [5, 5.41) is 25.7. The Morgan fingerprint density at radius 3 is 2.83 bits per heavy atom. The van der Waals surface area contributed by atoms with E-state index < -0.39 is 40.5 Å². The lowest BCUT2D eigenvalue weighted by Gasteiger charge is -2.63. The molecule has 188 valence electrons. The summed E-state index contributed by atoms with van der Waals surface area (Å²) < 4.78 is 19.8. The molecule has 3 fully saturated rings. The summed E-state index contributed by atoms with van der Waals surface area (Å²) in [6.07, 6.45) is 2.30. The third-order valence-electron chi connectivity index (χ3n) is 9.13. The third kappa shape index (κ3) is 2.86. The van der Waals surface area contributed by atoms with Crippen molar-refractivity contribution in [3.8, 4) is 11.5 Å². The minimum absolute atomic E-state index is 0.0488. The first kappa shape index (κ1) is 22.5. The molecule has 5 aliphatic rings. The van der Waals surface area contributed by atoms with Crippen LogP contribution >= 0.6 is 11.6 Å². The summed E-state index contributed by atoms with van der Waals surface area (Å²) in [7, 11) is 0. The number of ketones is 1. The second kappa shape index (κ2) is 7.43. The van der Waals surface area contributed by atoms with E-state index in [0.29, 0.717) is 18.8 Å². The number of nitrogens with zero attached hydrogens (tertiary/aromatic N) is 1. The van der Waals surface area contributed by atoms with Crippen molar-refractivity contribution < 1.29 is 28.9 Å². The van der Waals surface area contributed by atoms with Gasteiger partial charge in [-0.25, -0.2) is 4.39 Å². The van der Waals surface area contributed by atoms with Gasteiger partial charge in [-0.05, 0) is 74.4 Å². The number of hydrogen-bond donors (Lipinski definition) is 3. The molecule has 1 saturated heterocycles. The summed E-state index contributed by atoms with van der Waals surface area (Å²) in [5.74, 6) is -1.98. The number of phenolic OH excluding ortho intramolecular Hbond substituents is 1. The molecule has 1 spiro atoms. The molecule has 1 unspecified atom stereocenters. The van der Waals surface area contributed by atoms with Gasteiger partial charge >= 0.3 is 0 Å². The number of anilines is 1. The lowest BCUT2D eigenvalue weighted by Crippen LogP contribution is -2.78. The zero-order valence-corrected chi connectivity index (χ0v) is 20.2. The van der Waals surface area contributed by atoms with Gasteiger partial charge in [-0.2, -0.15) is 0 Å². The van der Waals surface area contributed by atoms with Gasteiger partial charge in [0.05, 0.1) is 16.0 Å². The lowest BCUT2D eigenvalue weighted by molar-refractivity contribution is -0.197. The third-order valence-corrected chi connectivity index (χ3v) is 9.42. The van der Waals surface area contributed by atoms with Crippen LogP contribution in [0.2, 0.25) is 5.02 Å². The molecule has 7 rings (SSSR count). The van der Waals surface area contributed by atoms with E-state index >= 15 is 0 Å². The number of Topliss-reactive ketones (excluding diaryl/α,β-unsaturated/α-hetero) is 1. The fraction of sp³-hybridized carbons (Fsp3) is 0.481. The van der Waals surface area contributed by atoms with Crippen molar-refractivity contribution in [1.29, 1.82) is 0 Å². The number of rotatable bonds is 4. The van der Waals surface area contributed by atoms with Crippen molar-refractivity contribution >= 4 is 29.0 Å². The fourth-order valence-corrected chi connectivity index (χ4v) is 7.51. The molecule has 2 bridgehead atoms. The number of piperidine rings is 1. The number of amides is 1. The highest BCUT2D eigenvalue weighted by Gasteiger charge is 2.75. The molecule has 3 N–H and O–H groups in total. The van der Waals surface area contributed by atoms with Gasteiger partial charge in [-0.1, -0.05) is 17.7 Å². The normalized spacial score (nSPS) is 34.2. The Balaban J connectivity index is 1.31. The molecule has 7 nitrogen and oxygen atoms in total. The van der Waals surface area contributed by atoms with Crippen molar-refractivity contribution in [2.24, 2.45) is 11.8 Å². The van der Waals surface area contributed by atoms with Crippen molar-refractivity contribution in [2.45, 2.75) is 55.3 Å². The number of aromatic hydroxyl groups is 1. The fourth-order valence-electron chi connectivity index (χ4n) is 7.33. The maximum Gasteiger partial charge on any atom is 0.235 e. The van der Waals surface area contributed by atoms with Crippen LogP contribution in [-0.4, -0.2) is 57.6 Å². The first-order valence-corrected chi connectivity index (χ1v) is 12.9. The van der Waals surface area contributed by atoms with Crippen LogP contribution in [0.25, 0.3) is 0 Å². The summed E-state index contributed by atoms with van der Waals surface area (Å²) in [6.45, 7) is 1.60. The minimum Gasteiger partial charge on any atom is -0.504 e. The number of benzene rings is 2. The molecule has 1 amide bonds. The molecule has 2 heterocycles. The van der Waals surface area contributed by atoms with E-state index in [4.69, 9.17) is 16.3 Å². The van der Waals surface area contributed by atoms with E-state index in [1.165, 1.54) is 25.0 Å². The maximum atomic E-state index is 13.8. The summed E-state index contributed by atoms with van der Waals surface area (Å²) in [6, 6.07) is 6.99. The summed E-state index contributed by atoms with van der Waals surface area (Å²) in [5.41, 5.74) is -0.423. The lowest BCUT2D eigenvalue weighted by atomic mass is 9.47. The monoisotopic (exact) mass is 512 g/mol. The van der Waals surface area contributed by atoms with Gasteiger partial charge in [0.1, 0.15) is 11.7 Å². The zero-order valence-electron chi connectivity index (χ0n) is 19.5. The van der Waals surface area contributed by atoms with Gasteiger partial charge in [0.25, 0.3) is 0 Å². The number of nitrogens with one attached hydrogen (secondary N) is 1.